The molecule has 0 aliphatic rings. The first-order chi connectivity index (χ1) is 12.3. The largest absolute Gasteiger partial charge is 0.462 e. The summed E-state index contributed by atoms with van der Waals surface area (Å²) in [4.78, 5) is 37.6. The Hall–Kier alpha value is -2.67. The minimum atomic E-state index is -0.562. The molecule has 0 aliphatic heterocycles. The van der Waals surface area contributed by atoms with Crippen molar-refractivity contribution in [3.8, 4) is 0 Å². The topological polar surface area (TPSA) is 84.5 Å². The van der Waals surface area contributed by atoms with Crippen LogP contribution in [0.25, 0.3) is 0 Å². The number of benzene rings is 1. The highest BCUT2D eigenvalue weighted by atomic mass is 32.1. The van der Waals surface area contributed by atoms with Gasteiger partial charge >= 0.3 is 5.97 Å². The van der Waals surface area contributed by atoms with Crippen LogP contribution in [0.3, 0.4) is 0 Å². The third kappa shape index (κ3) is 4.49. The second-order valence-electron chi connectivity index (χ2n) is 5.93. The summed E-state index contributed by atoms with van der Waals surface area (Å²) in [5, 5.41) is 5.85. The molecule has 6 nitrogen and oxygen atoms in total. The van der Waals surface area contributed by atoms with Crippen LogP contribution in [-0.4, -0.2) is 30.4 Å². The van der Waals surface area contributed by atoms with Crippen LogP contribution in [0.1, 0.15) is 56.7 Å². The van der Waals surface area contributed by atoms with Gasteiger partial charge in [0.25, 0.3) is 11.8 Å². The number of carbonyl (C=O) groups is 3. The second kappa shape index (κ2) is 8.62. The zero-order chi connectivity index (χ0) is 19.3. The van der Waals surface area contributed by atoms with Crippen LogP contribution >= 0.6 is 11.3 Å². The molecule has 1 heterocycles. The van der Waals surface area contributed by atoms with Gasteiger partial charge in [-0.05, 0) is 45.4 Å². The first-order valence-corrected chi connectivity index (χ1v) is 9.14. The van der Waals surface area contributed by atoms with Gasteiger partial charge in [0.05, 0.1) is 17.0 Å². The lowest BCUT2D eigenvalue weighted by atomic mass is 10.1. The van der Waals surface area contributed by atoms with Gasteiger partial charge in [0.2, 0.25) is 0 Å². The summed E-state index contributed by atoms with van der Waals surface area (Å²) >= 11 is 1.07. The molecule has 0 saturated heterocycles. The van der Waals surface area contributed by atoms with Crippen LogP contribution in [0.15, 0.2) is 30.3 Å². The number of hydrogen-bond acceptors (Lipinski definition) is 5. The number of esters is 1. The van der Waals surface area contributed by atoms with E-state index in [4.69, 9.17) is 4.74 Å². The van der Waals surface area contributed by atoms with Crippen molar-refractivity contribution in [2.24, 2.45) is 0 Å². The lowest BCUT2D eigenvalue weighted by Gasteiger charge is -2.07. The number of rotatable bonds is 6. The molecule has 2 aromatic rings. The predicted octanol–water partition coefficient (Wildman–Crippen LogP) is 3.62. The molecule has 1 aromatic heterocycles. The van der Waals surface area contributed by atoms with E-state index in [-0.39, 0.29) is 30.0 Å². The summed E-state index contributed by atoms with van der Waals surface area (Å²) in [5.41, 5.74) is 1.17. The highest BCUT2D eigenvalue weighted by molar-refractivity contribution is 7.18. The van der Waals surface area contributed by atoms with Gasteiger partial charge in [-0.15, -0.1) is 11.3 Å². The summed E-state index contributed by atoms with van der Waals surface area (Å²) in [5.74, 6) is -1.20. The summed E-state index contributed by atoms with van der Waals surface area (Å²) in [6.07, 6.45) is 0. The first-order valence-electron chi connectivity index (χ1n) is 8.32. The van der Waals surface area contributed by atoms with E-state index in [0.29, 0.717) is 21.0 Å². The lowest BCUT2D eigenvalue weighted by Crippen LogP contribution is -2.29. The molecule has 0 aliphatic carbocycles. The molecular weight excluding hydrogens is 352 g/mol. The van der Waals surface area contributed by atoms with Crippen molar-refractivity contribution in [3.63, 3.8) is 0 Å². The fraction of sp³-hybridized carbons (Fsp3) is 0.316. The molecule has 0 fully saturated rings. The van der Waals surface area contributed by atoms with Gasteiger partial charge in [0.1, 0.15) is 5.00 Å². The Labute approximate surface area is 156 Å². The molecule has 0 radical (unpaired) electrons. The molecule has 7 heteroatoms. The molecule has 138 valence electrons. The molecule has 0 atom stereocenters. The average Bonchev–Trinajstić information content (AvgIpc) is 2.91. The van der Waals surface area contributed by atoms with Gasteiger partial charge in [0.15, 0.2) is 0 Å². The molecule has 26 heavy (non-hydrogen) atoms. The van der Waals surface area contributed by atoms with Gasteiger partial charge < -0.3 is 15.4 Å². The highest BCUT2D eigenvalue weighted by Gasteiger charge is 2.27. The van der Waals surface area contributed by atoms with Crippen LogP contribution < -0.4 is 10.6 Å². The molecule has 0 bridgehead atoms. The van der Waals surface area contributed by atoms with Crippen LogP contribution in [0.2, 0.25) is 0 Å². The fourth-order valence-corrected chi connectivity index (χ4v) is 3.45. The predicted molar refractivity (Wildman–Crippen MR) is 102 cm³/mol. The third-order valence-electron chi connectivity index (χ3n) is 3.52. The van der Waals surface area contributed by atoms with Gasteiger partial charge in [-0.2, -0.15) is 0 Å². The molecular formula is C19H22N2O4S. The number of carbonyl (C=O) groups excluding carboxylic acids is 3. The SMILES string of the molecule is CCOC(=O)c1c(NC(=O)c2ccccc2)sc(C(=O)NC(C)C)c1C. The van der Waals surface area contributed by atoms with Gasteiger partial charge in [0, 0.05) is 11.6 Å². The van der Waals surface area contributed by atoms with Crippen molar-refractivity contribution in [2.45, 2.75) is 33.7 Å². The van der Waals surface area contributed by atoms with Crippen molar-refractivity contribution in [2.75, 3.05) is 11.9 Å². The van der Waals surface area contributed by atoms with E-state index in [2.05, 4.69) is 10.6 Å². The van der Waals surface area contributed by atoms with Gasteiger partial charge in [-0.25, -0.2) is 4.79 Å². The van der Waals surface area contributed by atoms with E-state index < -0.39 is 5.97 Å². The van der Waals surface area contributed by atoms with Crippen LogP contribution in [0.5, 0.6) is 0 Å². The Kier molecular flexibility index (Phi) is 6.52. The smallest absolute Gasteiger partial charge is 0.341 e. The molecule has 0 spiro atoms. The number of thiophene rings is 1. The standard InChI is InChI=1S/C19H22N2O4S/c1-5-25-19(24)14-12(4)15(17(23)20-11(2)3)26-18(14)21-16(22)13-9-7-6-8-10-13/h6-11H,5H2,1-4H3,(H,20,23)(H,21,22). The average molecular weight is 374 g/mol. The van der Waals surface area contributed by atoms with E-state index in [1.807, 2.05) is 19.9 Å². The quantitative estimate of drug-likeness (QED) is 0.756. The van der Waals surface area contributed by atoms with Crippen LogP contribution in [0.4, 0.5) is 5.00 Å². The fourth-order valence-electron chi connectivity index (χ4n) is 2.36. The normalized spacial score (nSPS) is 10.5. The molecule has 1 aromatic carbocycles. The Morgan fingerprint density at radius 2 is 1.77 bits per heavy atom. The van der Waals surface area contributed by atoms with E-state index in [1.54, 1.807) is 38.1 Å². The second-order valence-corrected chi connectivity index (χ2v) is 6.95. The van der Waals surface area contributed by atoms with Crippen molar-refractivity contribution < 1.29 is 19.1 Å². The summed E-state index contributed by atoms with van der Waals surface area (Å²) < 4.78 is 5.10. The maximum absolute atomic E-state index is 12.5. The zero-order valence-electron chi connectivity index (χ0n) is 15.2. The van der Waals surface area contributed by atoms with Crippen molar-refractivity contribution >= 4 is 34.1 Å². The van der Waals surface area contributed by atoms with Gasteiger partial charge in [-0.1, -0.05) is 18.2 Å². The maximum Gasteiger partial charge on any atom is 0.341 e. The van der Waals surface area contributed by atoms with Crippen molar-refractivity contribution in [1.82, 2.24) is 5.32 Å². The summed E-state index contributed by atoms with van der Waals surface area (Å²) in [6, 6.07) is 8.62. The minimum absolute atomic E-state index is 0.0441. The molecule has 2 N–H and O–H groups in total. The van der Waals surface area contributed by atoms with E-state index in [1.165, 1.54) is 0 Å². The van der Waals surface area contributed by atoms with Crippen molar-refractivity contribution in [3.05, 3.63) is 51.9 Å². The number of anilines is 1. The van der Waals surface area contributed by atoms with Crippen LogP contribution in [-0.2, 0) is 4.74 Å². The Bertz CT molecular complexity index is 812. The van der Waals surface area contributed by atoms with E-state index in [0.717, 1.165) is 11.3 Å². The van der Waals surface area contributed by atoms with E-state index >= 15 is 0 Å². The Morgan fingerprint density at radius 1 is 1.12 bits per heavy atom. The molecule has 0 unspecified atom stereocenters. The molecule has 2 amide bonds. The summed E-state index contributed by atoms with van der Waals surface area (Å²) in [6.45, 7) is 7.29. The monoisotopic (exact) mass is 374 g/mol. The van der Waals surface area contributed by atoms with Crippen LogP contribution in [0, 0.1) is 6.92 Å². The highest BCUT2D eigenvalue weighted by Crippen LogP contribution is 2.34. The van der Waals surface area contributed by atoms with Gasteiger partial charge in [-0.3, -0.25) is 9.59 Å². The zero-order valence-corrected chi connectivity index (χ0v) is 16.0. The lowest BCUT2D eigenvalue weighted by molar-refractivity contribution is 0.0527. The number of hydrogen-bond donors (Lipinski definition) is 2. The maximum atomic E-state index is 12.5. The third-order valence-corrected chi connectivity index (χ3v) is 4.72. The number of amides is 2. The minimum Gasteiger partial charge on any atom is -0.462 e. The molecule has 2 rings (SSSR count). The van der Waals surface area contributed by atoms with E-state index in [9.17, 15) is 14.4 Å². The number of nitrogens with one attached hydrogen (secondary N) is 2. The summed E-state index contributed by atoms with van der Waals surface area (Å²) in [7, 11) is 0. The Morgan fingerprint density at radius 3 is 2.35 bits per heavy atom. The number of ether oxygens (including phenoxy) is 1. The first kappa shape index (κ1) is 19.7. The Balaban J connectivity index is 2.41. The molecule has 0 saturated carbocycles. The van der Waals surface area contributed by atoms with Crippen molar-refractivity contribution in [1.29, 1.82) is 0 Å².